The van der Waals surface area contributed by atoms with Crippen molar-refractivity contribution in [1.29, 1.82) is 0 Å². The van der Waals surface area contributed by atoms with Crippen LogP contribution < -0.4 is 15.0 Å². The number of hydrogen-bond acceptors (Lipinski definition) is 5. The third kappa shape index (κ3) is 6.66. The molecule has 1 N–H and O–H groups in total. The van der Waals surface area contributed by atoms with E-state index >= 15 is 0 Å². The van der Waals surface area contributed by atoms with Gasteiger partial charge in [0.25, 0.3) is 0 Å². The summed E-state index contributed by atoms with van der Waals surface area (Å²) < 4.78 is 10.8. The van der Waals surface area contributed by atoms with Crippen LogP contribution in [0.25, 0.3) is 0 Å². The van der Waals surface area contributed by atoms with E-state index < -0.39 is 5.97 Å². The zero-order chi connectivity index (χ0) is 24.5. The van der Waals surface area contributed by atoms with E-state index in [4.69, 9.17) is 21.1 Å². The van der Waals surface area contributed by atoms with Gasteiger partial charge >= 0.3 is 5.97 Å². The van der Waals surface area contributed by atoms with E-state index in [-0.39, 0.29) is 25.0 Å². The molecule has 0 radical (unpaired) electrons. The molecular formula is C27H35ClN2O4. The maximum absolute atomic E-state index is 13.0. The van der Waals surface area contributed by atoms with Crippen LogP contribution in [0.15, 0.2) is 36.4 Å². The molecule has 1 fully saturated rings. The predicted octanol–water partition coefficient (Wildman–Crippen LogP) is 5.72. The van der Waals surface area contributed by atoms with Crippen molar-refractivity contribution in [2.45, 2.75) is 58.9 Å². The highest BCUT2D eigenvalue weighted by atomic mass is 35.5. The number of hydrogen-bond donors (Lipinski definition) is 1. The van der Waals surface area contributed by atoms with Gasteiger partial charge < -0.3 is 19.7 Å². The fraction of sp³-hybridized carbons (Fsp3) is 0.481. The lowest BCUT2D eigenvalue weighted by Gasteiger charge is -2.32. The molecule has 7 heteroatoms. The summed E-state index contributed by atoms with van der Waals surface area (Å²) in [6.45, 7) is 8.41. The number of benzene rings is 2. The third-order valence-corrected chi connectivity index (χ3v) is 6.25. The molecule has 0 saturated carbocycles. The molecule has 1 aliphatic rings. The Labute approximate surface area is 207 Å². The summed E-state index contributed by atoms with van der Waals surface area (Å²) in [7, 11) is 0. The Morgan fingerprint density at radius 2 is 1.79 bits per heavy atom. The normalized spacial score (nSPS) is 14.4. The first-order valence-electron chi connectivity index (χ1n) is 12.2. The summed E-state index contributed by atoms with van der Waals surface area (Å²) >= 11 is 6.35. The van der Waals surface area contributed by atoms with E-state index in [9.17, 15) is 9.59 Å². The molecular weight excluding hydrogens is 452 g/mol. The molecule has 34 heavy (non-hydrogen) atoms. The van der Waals surface area contributed by atoms with Crippen molar-refractivity contribution in [2.24, 2.45) is 0 Å². The van der Waals surface area contributed by atoms with Crippen LogP contribution in [-0.2, 0) is 16.0 Å². The minimum absolute atomic E-state index is 0.0947. The van der Waals surface area contributed by atoms with Crippen molar-refractivity contribution in [1.82, 2.24) is 5.32 Å². The fourth-order valence-electron chi connectivity index (χ4n) is 4.39. The number of carbonyl (C=O) groups is 2. The molecule has 0 aromatic heterocycles. The van der Waals surface area contributed by atoms with Gasteiger partial charge in [-0.1, -0.05) is 24.6 Å². The third-order valence-electron chi connectivity index (χ3n) is 6.01. The Morgan fingerprint density at radius 3 is 2.47 bits per heavy atom. The van der Waals surface area contributed by atoms with Gasteiger partial charge in [0.2, 0.25) is 5.91 Å². The molecule has 3 rings (SSSR count). The zero-order valence-electron chi connectivity index (χ0n) is 20.4. The monoisotopic (exact) mass is 486 g/mol. The van der Waals surface area contributed by atoms with Crippen LogP contribution in [0.5, 0.6) is 5.75 Å². The predicted molar refractivity (Wildman–Crippen MR) is 136 cm³/mol. The van der Waals surface area contributed by atoms with Crippen molar-refractivity contribution < 1.29 is 19.1 Å². The number of anilines is 1. The van der Waals surface area contributed by atoms with Gasteiger partial charge in [0, 0.05) is 23.8 Å². The first-order valence-corrected chi connectivity index (χ1v) is 12.6. The number of amides is 1. The lowest BCUT2D eigenvalue weighted by molar-refractivity contribution is -0.121. The first kappa shape index (κ1) is 25.9. The summed E-state index contributed by atoms with van der Waals surface area (Å²) in [5.41, 5.74) is 3.34. The molecule has 1 saturated heterocycles. The number of piperidine rings is 1. The standard InChI is InChI=1S/C27H35ClN2O4/c1-4-23(22-18-20(28)11-13-24(22)30-14-8-7-9-15-30)29-26(31)17-19-10-12-21(27(32)34-6-3)25(16-19)33-5-2/h10-13,16,18,23H,4-9,14-15,17H2,1-3H3,(H,29,31). The number of nitrogens with one attached hydrogen (secondary N) is 1. The van der Waals surface area contributed by atoms with Crippen LogP contribution in [0.2, 0.25) is 5.02 Å². The number of ether oxygens (including phenoxy) is 2. The van der Waals surface area contributed by atoms with Gasteiger partial charge in [0.05, 0.1) is 25.7 Å². The zero-order valence-corrected chi connectivity index (χ0v) is 21.1. The van der Waals surface area contributed by atoms with Gasteiger partial charge in [-0.3, -0.25) is 4.79 Å². The molecule has 0 bridgehead atoms. The quantitative estimate of drug-likeness (QED) is 0.435. The average Bonchev–Trinajstić information content (AvgIpc) is 2.83. The van der Waals surface area contributed by atoms with Crippen molar-refractivity contribution >= 4 is 29.2 Å². The van der Waals surface area contributed by atoms with Crippen LogP contribution in [-0.4, -0.2) is 38.2 Å². The Hall–Kier alpha value is -2.73. The van der Waals surface area contributed by atoms with Crippen LogP contribution in [0, 0.1) is 0 Å². The molecule has 0 spiro atoms. The largest absolute Gasteiger partial charge is 0.493 e. The second-order valence-corrected chi connectivity index (χ2v) is 8.88. The highest BCUT2D eigenvalue weighted by Gasteiger charge is 2.22. The number of nitrogens with zero attached hydrogens (tertiary/aromatic N) is 1. The summed E-state index contributed by atoms with van der Waals surface area (Å²) in [6.07, 6.45) is 4.54. The Kier molecular flexibility index (Phi) is 9.63. The molecule has 0 aliphatic carbocycles. The lowest BCUT2D eigenvalue weighted by atomic mass is 9.99. The molecule has 1 unspecified atom stereocenters. The van der Waals surface area contributed by atoms with Crippen LogP contribution in [0.4, 0.5) is 5.69 Å². The lowest BCUT2D eigenvalue weighted by Crippen LogP contribution is -2.34. The van der Waals surface area contributed by atoms with Gasteiger partial charge in [0.15, 0.2) is 0 Å². The summed E-state index contributed by atoms with van der Waals surface area (Å²) in [6, 6.07) is 11.0. The molecule has 1 aliphatic heterocycles. The fourth-order valence-corrected chi connectivity index (χ4v) is 4.57. The van der Waals surface area contributed by atoms with Crippen LogP contribution in [0.3, 0.4) is 0 Å². The van der Waals surface area contributed by atoms with E-state index in [1.54, 1.807) is 25.1 Å². The highest BCUT2D eigenvalue weighted by Crippen LogP contribution is 2.33. The minimum atomic E-state index is -0.431. The van der Waals surface area contributed by atoms with Crippen molar-refractivity contribution in [3.63, 3.8) is 0 Å². The Balaban J connectivity index is 1.77. The highest BCUT2D eigenvalue weighted by molar-refractivity contribution is 6.30. The van der Waals surface area contributed by atoms with Gasteiger partial charge in [-0.15, -0.1) is 0 Å². The van der Waals surface area contributed by atoms with Crippen molar-refractivity contribution in [2.75, 3.05) is 31.2 Å². The average molecular weight is 487 g/mol. The summed E-state index contributed by atoms with van der Waals surface area (Å²) in [4.78, 5) is 27.6. The molecule has 1 heterocycles. The van der Waals surface area contributed by atoms with Crippen LogP contribution in [0.1, 0.15) is 74.0 Å². The minimum Gasteiger partial charge on any atom is -0.493 e. The van der Waals surface area contributed by atoms with Gasteiger partial charge in [0.1, 0.15) is 11.3 Å². The number of carbonyl (C=O) groups excluding carboxylic acids is 2. The maximum Gasteiger partial charge on any atom is 0.341 e. The number of esters is 1. The Morgan fingerprint density at radius 1 is 1.03 bits per heavy atom. The van der Waals surface area contributed by atoms with Crippen molar-refractivity contribution in [3.05, 3.63) is 58.1 Å². The van der Waals surface area contributed by atoms with E-state index in [0.717, 1.165) is 36.3 Å². The topological polar surface area (TPSA) is 67.9 Å². The molecule has 1 amide bonds. The first-order chi connectivity index (χ1) is 16.5. The smallest absolute Gasteiger partial charge is 0.341 e. The van der Waals surface area contributed by atoms with Gasteiger partial charge in [-0.25, -0.2) is 4.79 Å². The molecule has 1 atom stereocenters. The second-order valence-electron chi connectivity index (χ2n) is 8.44. The number of rotatable bonds is 10. The molecule has 6 nitrogen and oxygen atoms in total. The van der Waals surface area contributed by atoms with Gasteiger partial charge in [-0.05, 0) is 81.0 Å². The van der Waals surface area contributed by atoms with Crippen molar-refractivity contribution in [3.8, 4) is 5.75 Å². The van der Waals surface area contributed by atoms with Gasteiger partial charge in [-0.2, -0.15) is 0 Å². The van der Waals surface area contributed by atoms with E-state index in [2.05, 4.69) is 23.2 Å². The molecule has 2 aromatic carbocycles. The Bertz CT molecular complexity index is 989. The SMILES string of the molecule is CCOC(=O)c1ccc(CC(=O)NC(CC)c2cc(Cl)ccc2N2CCCCC2)cc1OCC. The van der Waals surface area contributed by atoms with E-state index in [1.807, 2.05) is 19.1 Å². The molecule has 2 aromatic rings. The number of halogens is 1. The second kappa shape index (κ2) is 12.7. The summed E-state index contributed by atoms with van der Waals surface area (Å²) in [5.74, 6) is -0.0949. The van der Waals surface area contributed by atoms with E-state index in [0.29, 0.717) is 22.9 Å². The summed E-state index contributed by atoms with van der Waals surface area (Å²) in [5, 5.41) is 3.86. The maximum atomic E-state index is 13.0. The van der Waals surface area contributed by atoms with E-state index in [1.165, 1.54) is 19.3 Å². The molecule has 184 valence electrons. The van der Waals surface area contributed by atoms with Crippen LogP contribution >= 0.6 is 11.6 Å².